The van der Waals surface area contributed by atoms with Gasteiger partial charge in [-0.25, -0.2) is 0 Å². The summed E-state index contributed by atoms with van der Waals surface area (Å²) in [6.07, 6.45) is 2.23. The van der Waals surface area contributed by atoms with Crippen LogP contribution in [0.1, 0.15) is 11.3 Å². The van der Waals surface area contributed by atoms with Gasteiger partial charge in [-0.3, -0.25) is 4.98 Å². The summed E-state index contributed by atoms with van der Waals surface area (Å²) in [7, 11) is 0. The largest absolute Gasteiger partial charge is 0.383 e. The van der Waals surface area contributed by atoms with Gasteiger partial charge in [0.2, 0.25) is 0 Å². The number of hydrogen-bond donors (Lipinski definition) is 2. The summed E-state index contributed by atoms with van der Waals surface area (Å²) in [6.45, 7) is 0.152. The molecule has 116 valence electrons. The quantitative estimate of drug-likeness (QED) is 0.761. The number of aliphatic hydroxyl groups is 1. The standard InChI is InChI=1S/C20H20N2O/c21-15-20(23,18-9-5-2-6-10-18)13-19-12-11-17(14-22-19)16-7-3-1-4-8-16/h1-12,14,23H,13,15,21H2/t20-/m1/s1. The van der Waals surface area contributed by atoms with Crippen LogP contribution >= 0.6 is 0 Å². The molecule has 1 heterocycles. The van der Waals surface area contributed by atoms with E-state index >= 15 is 0 Å². The zero-order valence-corrected chi connectivity index (χ0v) is 12.9. The minimum atomic E-state index is -1.09. The summed E-state index contributed by atoms with van der Waals surface area (Å²) < 4.78 is 0. The molecule has 0 aliphatic carbocycles. The van der Waals surface area contributed by atoms with E-state index < -0.39 is 5.60 Å². The van der Waals surface area contributed by atoms with Gasteiger partial charge in [-0.05, 0) is 17.2 Å². The third kappa shape index (κ3) is 3.47. The fourth-order valence-electron chi connectivity index (χ4n) is 2.67. The van der Waals surface area contributed by atoms with Crippen molar-refractivity contribution in [1.29, 1.82) is 0 Å². The van der Waals surface area contributed by atoms with Crippen LogP contribution in [-0.4, -0.2) is 16.6 Å². The van der Waals surface area contributed by atoms with Gasteiger partial charge in [0.25, 0.3) is 0 Å². The Hall–Kier alpha value is -2.49. The zero-order chi connectivity index (χ0) is 16.1. The Labute approximate surface area is 136 Å². The maximum absolute atomic E-state index is 10.9. The fourth-order valence-corrected chi connectivity index (χ4v) is 2.67. The van der Waals surface area contributed by atoms with Crippen LogP contribution in [0.25, 0.3) is 11.1 Å². The summed E-state index contributed by atoms with van der Waals surface area (Å²) in [6, 6.07) is 23.6. The van der Waals surface area contributed by atoms with Crippen LogP contribution in [-0.2, 0) is 12.0 Å². The lowest BCUT2D eigenvalue weighted by Gasteiger charge is -2.26. The zero-order valence-electron chi connectivity index (χ0n) is 12.9. The molecule has 0 aliphatic heterocycles. The molecular weight excluding hydrogens is 284 g/mol. The molecule has 1 atom stereocenters. The molecule has 1 aromatic heterocycles. The van der Waals surface area contributed by atoms with Gasteiger partial charge in [-0.2, -0.15) is 0 Å². The van der Waals surface area contributed by atoms with Crippen molar-refractivity contribution in [2.75, 3.05) is 6.54 Å². The first-order chi connectivity index (χ1) is 11.2. The number of benzene rings is 2. The van der Waals surface area contributed by atoms with E-state index in [1.54, 1.807) is 0 Å². The molecule has 0 radical (unpaired) electrons. The maximum atomic E-state index is 10.9. The minimum absolute atomic E-state index is 0.152. The van der Waals surface area contributed by atoms with Crippen molar-refractivity contribution >= 4 is 0 Å². The Morgan fingerprint density at radius 3 is 2.04 bits per heavy atom. The first-order valence-corrected chi connectivity index (χ1v) is 7.70. The van der Waals surface area contributed by atoms with Crippen LogP contribution in [0.2, 0.25) is 0 Å². The molecule has 0 spiro atoms. The topological polar surface area (TPSA) is 59.1 Å². The number of aromatic nitrogens is 1. The van der Waals surface area contributed by atoms with Gasteiger partial charge < -0.3 is 10.8 Å². The van der Waals surface area contributed by atoms with E-state index in [4.69, 9.17) is 5.73 Å². The number of nitrogens with two attached hydrogens (primary N) is 1. The van der Waals surface area contributed by atoms with E-state index in [0.717, 1.165) is 22.4 Å². The molecule has 23 heavy (non-hydrogen) atoms. The number of nitrogens with zero attached hydrogens (tertiary/aromatic N) is 1. The normalized spacial score (nSPS) is 13.5. The monoisotopic (exact) mass is 304 g/mol. The van der Waals surface area contributed by atoms with Crippen LogP contribution in [0.3, 0.4) is 0 Å². The molecule has 0 fully saturated rings. The molecule has 0 saturated carbocycles. The average Bonchev–Trinajstić information content (AvgIpc) is 2.64. The third-order valence-electron chi connectivity index (χ3n) is 4.05. The molecular formula is C20H20N2O. The van der Waals surface area contributed by atoms with Crippen LogP contribution in [0.5, 0.6) is 0 Å². The molecule has 0 aliphatic rings. The van der Waals surface area contributed by atoms with Crippen molar-refractivity contribution in [2.45, 2.75) is 12.0 Å². The highest BCUT2D eigenvalue weighted by Crippen LogP contribution is 2.25. The number of pyridine rings is 1. The van der Waals surface area contributed by atoms with Gasteiger partial charge in [0.15, 0.2) is 0 Å². The lowest BCUT2D eigenvalue weighted by Crippen LogP contribution is -2.37. The summed E-state index contributed by atoms with van der Waals surface area (Å²) in [4.78, 5) is 4.50. The fraction of sp³-hybridized carbons (Fsp3) is 0.150. The Morgan fingerprint density at radius 2 is 1.48 bits per heavy atom. The van der Waals surface area contributed by atoms with Gasteiger partial charge >= 0.3 is 0 Å². The smallest absolute Gasteiger partial charge is 0.107 e. The van der Waals surface area contributed by atoms with E-state index in [1.807, 2.05) is 66.9 Å². The molecule has 3 rings (SSSR count). The van der Waals surface area contributed by atoms with Crippen LogP contribution in [0, 0.1) is 0 Å². The van der Waals surface area contributed by atoms with Crippen LogP contribution in [0.4, 0.5) is 0 Å². The molecule has 3 nitrogen and oxygen atoms in total. The van der Waals surface area contributed by atoms with E-state index in [2.05, 4.69) is 17.1 Å². The maximum Gasteiger partial charge on any atom is 0.107 e. The summed E-state index contributed by atoms with van der Waals surface area (Å²) in [5, 5.41) is 10.9. The molecule has 3 heteroatoms. The van der Waals surface area contributed by atoms with Crippen molar-refractivity contribution in [3.63, 3.8) is 0 Å². The summed E-state index contributed by atoms with van der Waals surface area (Å²) >= 11 is 0. The Balaban J connectivity index is 1.82. The van der Waals surface area contributed by atoms with E-state index in [9.17, 15) is 5.11 Å². The summed E-state index contributed by atoms with van der Waals surface area (Å²) in [5.74, 6) is 0. The van der Waals surface area contributed by atoms with E-state index in [0.29, 0.717) is 6.42 Å². The second-order valence-electron chi connectivity index (χ2n) is 5.68. The first kappa shape index (κ1) is 15.4. The predicted octanol–water partition coefficient (Wildman–Crippen LogP) is 3.14. The van der Waals surface area contributed by atoms with Gasteiger partial charge in [-0.1, -0.05) is 66.7 Å². The highest BCUT2D eigenvalue weighted by molar-refractivity contribution is 5.62. The second kappa shape index (κ2) is 6.73. The van der Waals surface area contributed by atoms with Crippen molar-refractivity contribution in [1.82, 2.24) is 4.98 Å². The Kier molecular flexibility index (Phi) is 4.51. The molecule has 3 aromatic rings. The van der Waals surface area contributed by atoms with Crippen molar-refractivity contribution in [2.24, 2.45) is 5.73 Å². The van der Waals surface area contributed by atoms with E-state index in [1.165, 1.54) is 0 Å². The SMILES string of the molecule is NC[C@](O)(Cc1ccc(-c2ccccc2)cn1)c1ccccc1. The van der Waals surface area contributed by atoms with Gasteiger partial charge in [-0.15, -0.1) is 0 Å². The highest BCUT2D eigenvalue weighted by Gasteiger charge is 2.28. The van der Waals surface area contributed by atoms with Crippen LogP contribution in [0.15, 0.2) is 79.0 Å². The first-order valence-electron chi connectivity index (χ1n) is 7.70. The van der Waals surface area contributed by atoms with Crippen molar-refractivity contribution < 1.29 is 5.11 Å². The molecule has 0 saturated heterocycles. The molecule has 0 unspecified atom stereocenters. The number of hydrogen-bond acceptors (Lipinski definition) is 3. The van der Waals surface area contributed by atoms with Gasteiger partial charge in [0, 0.05) is 30.4 Å². The minimum Gasteiger partial charge on any atom is -0.383 e. The Morgan fingerprint density at radius 1 is 0.826 bits per heavy atom. The second-order valence-corrected chi connectivity index (χ2v) is 5.68. The van der Waals surface area contributed by atoms with Crippen LogP contribution < -0.4 is 5.73 Å². The van der Waals surface area contributed by atoms with Crippen molar-refractivity contribution in [3.8, 4) is 11.1 Å². The molecule has 2 aromatic carbocycles. The average molecular weight is 304 g/mol. The highest BCUT2D eigenvalue weighted by atomic mass is 16.3. The van der Waals surface area contributed by atoms with Gasteiger partial charge in [0.1, 0.15) is 5.60 Å². The Bertz CT molecular complexity index is 742. The lowest BCUT2D eigenvalue weighted by molar-refractivity contribution is 0.0453. The van der Waals surface area contributed by atoms with Gasteiger partial charge in [0.05, 0.1) is 0 Å². The summed E-state index contributed by atoms with van der Waals surface area (Å²) in [5.41, 5.74) is 8.56. The third-order valence-corrected chi connectivity index (χ3v) is 4.05. The van der Waals surface area contributed by atoms with Crippen molar-refractivity contribution in [3.05, 3.63) is 90.3 Å². The van der Waals surface area contributed by atoms with E-state index in [-0.39, 0.29) is 6.54 Å². The molecule has 0 bridgehead atoms. The predicted molar refractivity (Wildman–Crippen MR) is 92.8 cm³/mol. The number of rotatable bonds is 5. The lowest BCUT2D eigenvalue weighted by atomic mass is 9.89. The molecule has 3 N–H and O–H groups in total. The molecule has 0 amide bonds.